The molecule has 1 aromatic heterocycles. The first-order valence-corrected chi connectivity index (χ1v) is 7.01. The summed E-state index contributed by atoms with van der Waals surface area (Å²) in [6.07, 6.45) is 0.300. The van der Waals surface area contributed by atoms with Crippen molar-refractivity contribution in [2.45, 2.75) is 6.42 Å². The molecule has 0 spiro atoms. The van der Waals surface area contributed by atoms with Crippen LogP contribution >= 0.6 is 34.7 Å². The number of thiophene rings is 1. The highest BCUT2D eigenvalue weighted by molar-refractivity contribution is 8.13. The number of carbonyl (C=O) groups is 3. The van der Waals surface area contributed by atoms with Crippen molar-refractivity contribution < 1.29 is 14.4 Å². The maximum Gasteiger partial charge on any atom is 0.288 e. The van der Waals surface area contributed by atoms with Crippen LogP contribution in [0.15, 0.2) is 12.1 Å². The van der Waals surface area contributed by atoms with Crippen molar-refractivity contribution in [3.63, 3.8) is 0 Å². The highest BCUT2D eigenvalue weighted by Crippen LogP contribution is 2.23. The molecule has 17 heavy (non-hydrogen) atoms. The van der Waals surface area contributed by atoms with Gasteiger partial charge in [0.1, 0.15) is 0 Å². The minimum Gasteiger partial charge on any atom is -0.291 e. The third-order valence-corrected chi connectivity index (χ3v) is 4.36. The fourth-order valence-electron chi connectivity index (χ4n) is 1.38. The monoisotopic (exact) mass is 289 g/mol. The molecule has 0 radical (unpaired) electrons. The zero-order chi connectivity index (χ0) is 12.4. The van der Waals surface area contributed by atoms with Crippen molar-refractivity contribution >= 4 is 51.6 Å². The number of hydrogen-bond donors (Lipinski definition) is 0. The number of thioether (sulfide) groups is 1. The zero-order valence-electron chi connectivity index (χ0n) is 8.64. The first-order valence-electron chi connectivity index (χ1n) is 4.83. The molecule has 1 fully saturated rings. The number of ketones is 1. The van der Waals surface area contributed by atoms with Crippen LogP contribution in [0.4, 0.5) is 4.79 Å². The summed E-state index contributed by atoms with van der Waals surface area (Å²) in [6, 6.07) is 3.22. The average Bonchev–Trinajstić information content (AvgIpc) is 2.70. The number of imide groups is 1. The van der Waals surface area contributed by atoms with E-state index in [1.54, 1.807) is 12.1 Å². The Hall–Kier alpha value is -0.850. The van der Waals surface area contributed by atoms with Crippen LogP contribution < -0.4 is 0 Å². The van der Waals surface area contributed by atoms with Crippen LogP contribution in [-0.2, 0) is 4.79 Å². The summed E-state index contributed by atoms with van der Waals surface area (Å²) in [7, 11) is 0. The molecule has 0 saturated carbocycles. The standard InChI is InChI=1S/C10H8ClNO3S2/c11-8-2-1-7(17-8)6(13)5-12-9(14)3-4-16-10(12)15/h1-2H,3-5H2. The van der Waals surface area contributed by atoms with Crippen LogP contribution in [0.2, 0.25) is 4.34 Å². The van der Waals surface area contributed by atoms with Crippen molar-refractivity contribution in [2.75, 3.05) is 12.3 Å². The van der Waals surface area contributed by atoms with Crippen LogP contribution in [0, 0.1) is 0 Å². The molecule has 0 N–H and O–H groups in total. The van der Waals surface area contributed by atoms with E-state index in [0.717, 1.165) is 28.0 Å². The molecule has 7 heteroatoms. The van der Waals surface area contributed by atoms with Crippen LogP contribution in [0.3, 0.4) is 0 Å². The Morgan fingerprint density at radius 1 is 1.41 bits per heavy atom. The van der Waals surface area contributed by atoms with E-state index in [4.69, 9.17) is 11.6 Å². The van der Waals surface area contributed by atoms with E-state index < -0.39 is 0 Å². The van der Waals surface area contributed by atoms with Gasteiger partial charge in [-0.1, -0.05) is 23.4 Å². The summed E-state index contributed by atoms with van der Waals surface area (Å²) in [6.45, 7) is -0.193. The molecule has 4 nitrogen and oxygen atoms in total. The van der Waals surface area contributed by atoms with Gasteiger partial charge in [-0.25, -0.2) is 0 Å². The van der Waals surface area contributed by atoms with Crippen LogP contribution in [-0.4, -0.2) is 34.1 Å². The molecule has 0 bridgehead atoms. The second-order valence-electron chi connectivity index (χ2n) is 3.37. The Kier molecular flexibility index (Phi) is 3.86. The molecule has 0 atom stereocenters. The zero-order valence-corrected chi connectivity index (χ0v) is 11.0. The van der Waals surface area contributed by atoms with Gasteiger partial charge in [0.05, 0.1) is 15.8 Å². The molecule has 0 aliphatic carbocycles. The van der Waals surface area contributed by atoms with E-state index >= 15 is 0 Å². The lowest BCUT2D eigenvalue weighted by atomic mass is 10.3. The highest BCUT2D eigenvalue weighted by atomic mass is 35.5. The van der Waals surface area contributed by atoms with Gasteiger partial charge < -0.3 is 0 Å². The molecular weight excluding hydrogens is 282 g/mol. The molecule has 1 aliphatic heterocycles. The van der Waals surface area contributed by atoms with Gasteiger partial charge in [0.2, 0.25) is 5.91 Å². The van der Waals surface area contributed by atoms with Crippen molar-refractivity contribution in [3.8, 4) is 0 Å². The normalized spacial score (nSPS) is 16.4. The molecular formula is C10H8ClNO3S2. The fraction of sp³-hybridized carbons (Fsp3) is 0.300. The third kappa shape index (κ3) is 2.88. The van der Waals surface area contributed by atoms with E-state index in [-0.39, 0.29) is 23.5 Å². The number of Topliss-reactive ketones (excluding diaryl/α,β-unsaturated/α-hetero) is 1. The number of amides is 2. The van der Waals surface area contributed by atoms with Gasteiger partial charge in [-0.15, -0.1) is 11.3 Å². The molecule has 2 heterocycles. The van der Waals surface area contributed by atoms with E-state index in [1.807, 2.05) is 0 Å². The summed E-state index contributed by atoms with van der Waals surface area (Å²) in [5, 5.41) is -0.350. The lowest BCUT2D eigenvalue weighted by Gasteiger charge is -2.22. The highest BCUT2D eigenvalue weighted by Gasteiger charge is 2.29. The lowest BCUT2D eigenvalue weighted by molar-refractivity contribution is -0.127. The predicted octanol–water partition coefficient (Wildman–Crippen LogP) is 2.67. The Bertz CT molecular complexity index is 470. The van der Waals surface area contributed by atoms with Gasteiger partial charge in [-0.2, -0.15) is 0 Å². The molecule has 1 aliphatic rings. The van der Waals surface area contributed by atoms with Gasteiger partial charge in [-0.05, 0) is 12.1 Å². The number of nitrogens with zero attached hydrogens (tertiary/aromatic N) is 1. The SMILES string of the molecule is O=C(CN1C(=O)CCSC1=O)c1ccc(Cl)s1. The van der Waals surface area contributed by atoms with Gasteiger partial charge in [0.25, 0.3) is 5.24 Å². The van der Waals surface area contributed by atoms with Crippen LogP contribution in [0.5, 0.6) is 0 Å². The Balaban J connectivity index is 2.07. The van der Waals surface area contributed by atoms with E-state index in [1.165, 1.54) is 0 Å². The fourth-order valence-corrected chi connectivity index (χ4v) is 3.13. The predicted molar refractivity (Wildman–Crippen MR) is 67.8 cm³/mol. The minimum atomic E-state index is -0.350. The van der Waals surface area contributed by atoms with E-state index in [9.17, 15) is 14.4 Å². The summed E-state index contributed by atoms with van der Waals surface area (Å²) in [4.78, 5) is 36.2. The first kappa shape index (κ1) is 12.6. The molecule has 2 rings (SSSR count). The number of halogens is 1. The quantitative estimate of drug-likeness (QED) is 0.803. The third-order valence-electron chi connectivity index (χ3n) is 2.21. The van der Waals surface area contributed by atoms with Gasteiger partial charge >= 0.3 is 0 Å². The Morgan fingerprint density at radius 3 is 2.76 bits per heavy atom. The summed E-state index contributed by atoms with van der Waals surface area (Å²) in [5.74, 6) is -0.0523. The maximum absolute atomic E-state index is 11.8. The van der Waals surface area contributed by atoms with Crippen molar-refractivity contribution in [1.29, 1.82) is 0 Å². The molecule has 90 valence electrons. The molecule has 1 aromatic rings. The molecule has 0 unspecified atom stereocenters. The largest absolute Gasteiger partial charge is 0.291 e. The summed E-state index contributed by atoms with van der Waals surface area (Å²) in [5.41, 5.74) is 0. The van der Waals surface area contributed by atoms with Crippen LogP contribution in [0.1, 0.15) is 16.1 Å². The number of rotatable bonds is 3. The summed E-state index contributed by atoms with van der Waals surface area (Å²) >= 11 is 7.93. The lowest BCUT2D eigenvalue weighted by Crippen LogP contribution is -2.41. The number of hydrogen-bond acceptors (Lipinski definition) is 5. The van der Waals surface area contributed by atoms with Crippen molar-refractivity contribution in [3.05, 3.63) is 21.3 Å². The van der Waals surface area contributed by atoms with E-state index in [2.05, 4.69) is 0 Å². The summed E-state index contributed by atoms with van der Waals surface area (Å²) < 4.78 is 0.513. The molecule has 2 amide bonds. The first-order chi connectivity index (χ1) is 8.08. The van der Waals surface area contributed by atoms with Gasteiger partial charge in [0, 0.05) is 12.2 Å². The average molecular weight is 290 g/mol. The van der Waals surface area contributed by atoms with Crippen molar-refractivity contribution in [1.82, 2.24) is 4.90 Å². The second-order valence-corrected chi connectivity index (χ2v) is 6.13. The molecule has 0 aromatic carbocycles. The minimum absolute atomic E-state index is 0.193. The smallest absolute Gasteiger partial charge is 0.288 e. The topological polar surface area (TPSA) is 54.5 Å². The molecule has 1 saturated heterocycles. The van der Waals surface area contributed by atoms with Gasteiger partial charge in [-0.3, -0.25) is 19.3 Å². The second kappa shape index (κ2) is 5.20. The Morgan fingerprint density at radius 2 is 2.18 bits per heavy atom. The Labute approximate surface area is 111 Å². The van der Waals surface area contributed by atoms with E-state index in [0.29, 0.717) is 21.4 Å². The van der Waals surface area contributed by atoms with Crippen molar-refractivity contribution in [2.24, 2.45) is 0 Å². The van der Waals surface area contributed by atoms with Crippen LogP contribution in [0.25, 0.3) is 0 Å². The number of carbonyl (C=O) groups excluding carboxylic acids is 3. The maximum atomic E-state index is 11.8. The van der Waals surface area contributed by atoms with Gasteiger partial charge in [0.15, 0.2) is 5.78 Å².